The molecule has 3 heteroatoms. The van der Waals surface area contributed by atoms with Gasteiger partial charge in [-0.3, -0.25) is 0 Å². The highest BCUT2D eigenvalue weighted by Crippen LogP contribution is 2.33. The summed E-state index contributed by atoms with van der Waals surface area (Å²) in [6.45, 7) is 1.99. The van der Waals surface area contributed by atoms with Gasteiger partial charge in [-0.05, 0) is 24.1 Å². The first-order chi connectivity index (χ1) is 8.11. The average molecular weight is 312 g/mol. The van der Waals surface area contributed by atoms with E-state index in [1.165, 1.54) is 0 Å². The van der Waals surface area contributed by atoms with Crippen molar-refractivity contribution in [2.75, 3.05) is 0 Å². The number of hydrogen-bond acceptors (Lipinski definition) is 1. The van der Waals surface area contributed by atoms with Crippen LogP contribution in [-0.2, 0) is 0 Å². The smallest absolute Gasteiger partial charge is 0.107 e. The highest BCUT2D eigenvalue weighted by Gasteiger charge is 2.16. The lowest BCUT2D eigenvalue weighted by Gasteiger charge is -2.15. The lowest BCUT2D eigenvalue weighted by Crippen LogP contribution is -2.02. The Morgan fingerprint density at radius 2 is 1.71 bits per heavy atom. The van der Waals surface area contributed by atoms with Crippen molar-refractivity contribution in [1.82, 2.24) is 0 Å². The Morgan fingerprint density at radius 3 is 2.41 bits per heavy atom. The predicted octanol–water partition coefficient (Wildman–Crippen LogP) is 4.49. The van der Waals surface area contributed by atoms with Crippen molar-refractivity contribution < 1.29 is 5.11 Å². The van der Waals surface area contributed by atoms with Crippen molar-refractivity contribution in [2.24, 2.45) is 0 Å². The second-order valence-corrected chi connectivity index (χ2v) is 5.10. The van der Waals surface area contributed by atoms with Gasteiger partial charge in [0, 0.05) is 15.1 Å². The first kappa shape index (κ1) is 12.6. The number of hydrogen-bond donors (Lipinski definition) is 1. The first-order valence-corrected chi connectivity index (χ1v) is 6.46. The maximum atomic E-state index is 10.4. The van der Waals surface area contributed by atoms with Crippen LogP contribution in [0.15, 0.2) is 46.9 Å². The van der Waals surface area contributed by atoms with E-state index < -0.39 is 6.10 Å². The highest BCUT2D eigenvalue weighted by atomic mass is 79.9. The normalized spacial score (nSPS) is 12.5. The van der Waals surface area contributed by atoms with E-state index in [4.69, 9.17) is 11.6 Å². The van der Waals surface area contributed by atoms with E-state index in [0.29, 0.717) is 5.02 Å². The van der Waals surface area contributed by atoms with Crippen molar-refractivity contribution in [3.8, 4) is 0 Å². The van der Waals surface area contributed by atoms with Gasteiger partial charge in [0.1, 0.15) is 6.10 Å². The van der Waals surface area contributed by atoms with Crippen LogP contribution in [0.4, 0.5) is 0 Å². The van der Waals surface area contributed by atoms with Crippen molar-refractivity contribution >= 4 is 27.5 Å². The van der Waals surface area contributed by atoms with Crippen LogP contribution in [0, 0.1) is 6.92 Å². The van der Waals surface area contributed by atoms with Gasteiger partial charge in [0.05, 0.1) is 0 Å². The fourth-order valence-corrected chi connectivity index (χ4v) is 2.47. The lowest BCUT2D eigenvalue weighted by molar-refractivity contribution is 0.219. The largest absolute Gasteiger partial charge is 0.384 e. The van der Waals surface area contributed by atoms with Crippen molar-refractivity contribution in [2.45, 2.75) is 13.0 Å². The Bertz CT molecular complexity index is 539. The van der Waals surface area contributed by atoms with E-state index in [2.05, 4.69) is 15.9 Å². The summed E-state index contributed by atoms with van der Waals surface area (Å²) in [5.41, 5.74) is 2.65. The Hall–Kier alpha value is -0.830. The van der Waals surface area contributed by atoms with Gasteiger partial charge in [0.2, 0.25) is 0 Å². The summed E-state index contributed by atoms with van der Waals surface area (Å²) in [7, 11) is 0. The molecule has 0 spiro atoms. The van der Waals surface area contributed by atoms with Gasteiger partial charge in [-0.1, -0.05) is 63.9 Å². The van der Waals surface area contributed by atoms with Crippen molar-refractivity contribution in [3.05, 3.63) is 68.7 Å². The van der Waals surface area contributed by atoms with Gasteiger partial charge in [-0.15, -0.1) is 0 Å². The SMILES string of the molecule is Cc1cccc(C(O)c2ccccc2Cl)c1Br. The average Bonchev–Trinajstić information content (AvgIpc) is 2.32. The molecule has 0 saturated heterocycles. The number of aryl methyl sites for hydroxylation is 1. The van der Waals surface area contributed by atoms with E-state index in [1.807, 2.05) is 43.3 Å². The Labute approximate surface area is 114 Å². The zero-order chi connectivity index (χ0) is 12.4. The van der Waals surface area contributed by atoms with E-state index in [-0.39, 0.29) is 0 Å². The van der Waals surface area contributed by atoms with Crippen LogP contribution in [0.1, 0.15) is 22.8 Å². The molecule has 0 aliphatic rings. The number of aliphatic hydroxyl groups excluding tert-OH is 1. The minimum absolute atomic E-state index is 0.577. The molecular weight excluding hydrogens is 300 g/mol. The number of rotatable bonds is 2. The minimum atomic E-state index is -0.710. The molecule has 0 radical (unpaired) electrons. The molecule has 2 aromatic rings. The quantitative estimate of drug-likeness (QED) is 0.866. The highest BCUT2D eigenvalue weighted by molar-refractivity contribution is 9.10. The van der Waals surface area contributed by atoms with Crippen LogP contribution < -0.4 is 0 Å². The minimum Gasteiger partial charge on any atom is -0.384 e. The molecule has 88 valence electrons. The van der Waals surface area contributed by atoms with Gasteiger partial charge < -0.3 is 5.11 Å². The molecule has 0 bridgehead atoms. The molecule has 0 aliphatic carbocycles. The third kappa shape index (κ3) is 2.54. The number of halogens is 2. The number of benzene rings is 2. The molecule has 0 aliphatic heterocycles. The third-order valence-electron chi connectivity index (χ3n) is 2.72. The molecule has 0 heterocycles. The molecule has 2 rings (SSSR count). The monoisotopic (exact) mass is 310 g/mol. The lowest BCUT2D eigenvalue weighted by atomic mass is 10.00. The van der Waals surface area contributed by atoms with E-state index in [9.17, 15) is 5.11 Å². The summed E-state index contributed by atoms with van der Waals surface area (Å²) in [5, 5.41) is 10.9. The fourth-order valence-electron chi connectivity index (χ4n) is 1.75. The summed E-state index contributed by atoms with van der Waals surface area (Å²) in [4.78, 5) is 0. The van der Waals surface area contributed by atoms with Gasteiger partial charge in [0.25, 0.3) is 0 Å². The predicted molar refractivity (Wildman–Crippen MR) is 74.4 cm³/mol. The van der Waals surface area contributed by atoms with Crippen molar-refractivity contribution in [1.29, 1.82) is 0 Å². The molecule has 0 aromatic heterocycles. The Morgan fingerprint density at radius 1 is 1.06 bits per heavy atom. The molecule has 1 unspecified atom stereocenters. The maximum Gasteiger partial charge on any atom is 0.107 e. The molecule has 0 saturated carbocycles. The molecule has 1 atom stereocenters. The van der Waals surface area contributed by atoms with Crippen LogP contribution in [0.25, 0.3) is 0 Å². The third-order valence-corrected chi connectivity index (χ3v) is 4.14. The summed E-state index contributed by atoms with van der Waals surface area (Å²) < 4.78 is 0.924. The van der Waals surface area contributed by atoms with Crippen LogP contribution in [0.2, 0.25) is 5.02 Å². The van der Waals surface area contributed by atoms with Gasteiger partial charge >= 0.3 is 0 Å². The molecule has 1 N–H and O–H groups in total. The van der Waals surface area contributed by atoms with Crippen LogP contribution in [-0.4, -0.2) is 5.11 Å². The summed E-state index contributed by atoms with van der Waals surface area (Å²) in [6.07, 6.45) is -0.710. The van der Waals surface area contributed by atoms with Gasteiger partial charge in [0.15, 0.2) is 0 Å². The van der Waals surface area contributed by atoms with Crippen LogP contribution in [0.5, 0.6) is 0 Å². The number of aliphatic hydroxyl groups is 1. The second kappa shape index (κ2) is 5.21. The molecular formula is C14H12BrClO. The second-order valence-electron chi connectivity index (χ2n) is 3.90. The molecule has 1 nitrogen and oxygen atoms in total. The molecule has 2 aromatic carbocycles. The van der Waals surface area contributed by atoms with Gasteiger partial charge in [-0.25, -0.2) is 0 Å². The zero-order valence-corrected chi connectivity index (χ0v) is 11.7. The maximum absolute atomic E-state index is 10.4. The van der Waals surface area contributed by atoms with E-state index in [0.717, 1.165) is 21.2 Å². The van der Waals surface area contributed by atoms with Crippen LogP contribution in [0.3, 0.4) is 0 Å². The first-order valence-electron chi connectivity index (χ1n) is 5.28. The van der Waals surface area contributed by atoms with E-state index in [1.54, 1.807) is 6.07 Å². The summed E-state index contributed by atoms with van der Waals surface area (Å²) in [5.74, 6) is 0. The standard InChI is InChI=1S/C14H12BrClO/c1-9-5-4-7-11(13(9)15)14(17)10-6-2-3-8-12(10)16/h2-8,14,17H,1H3. The zero-order valence-electron chi connectivity index (χ0n) is 9.32. The Balaban J connectivity index is 2.48. The van der Waals surface area contributed by atoms with E-state index >= 15 is 0 Å². The van der Waals surface area contributed by atoms with Crippen LogP contribution >= 0.6 is 27.5 Å². The molecule has 0 amide bonds. The summed E-state index contributed by atoms with van der Waals surface area (Å²) in [6, 6.07) is 13.1. The topological polar surface area (TPSA) is 20.2 Å². The summed E-state index contributed by atoms with van der Waals surface area (Å²) >= 11 is 9.59. The van der Waals surface area contributed by atoms with Gasteiger partial charge in [-0.2, -0.15) is 0 Å². The molecule has 17 heavy (non-hydrogen) atoms. The molecule has 0 fully saturated rings. The Kier molecular flexibility index (Phi) is 3.87. The fraction of sp³-hybridized carbons (Fsp3) is 0.143. The van der Waals surface area contributed by atoms with Crippen molar-refractivity contribution in [3.63, 3.8) is 0 Å².